The Bertz CT molecular complexity index is 583. The van der Waals surface area contributed by atoms with Gasteiger partial charge in [-0.2, -0.15) is 0 Å². The third-order valence-corrected chi connectivity index (χ3v) is 3.43. The highest BCUT2D eigenvalue weighted by Crippen LogP contribution is 2.18. The molecule has 2 rings (SSSR count). The molecule has 1 heterocycles. The molecule has 19 heavy (non-hydrogen) atoms. The molecule has 0 fully saturated rings. The minimum Gasteiger partial charge on any atom is -0.423 e. The molecule has 98 valence electrons. The molecule has 2 N–H and O–H groups in total. The Morgan fingerprint density at radius 3 is 2.79 bits per heavy atom. The van der Waals surface area contributed by atoms with E-state index in [-0.39, 0.29) is 5.46 Å². The van der Waals surface area contributed by atoms with Crippen molar-refractivity contribution < 1.29 is 14.4 Å². The molecule has 0 radical (unpaired) electrons. The number of benzene rings is 1. The first-order chi connectivity index (χ1) is 9.06. The number of thioether (sulfide) groups is 1. The summed E-state index contributed by atoms with van der Waals surface area (Å²) in [6.45, 7) is 1.87. The minimum absolute atomic E-state index is 0.167. The van der Waals surface area contributed by atoms with E-state index in [0.29, 0.717) is 16.5 Å². The average molecular weight is 278 g/mol. The zero-order chi connectivity index (χ0) is 13.8. The highest BCUT2D eigenvalue weighted by molar-refractivity contribution is 7.98. The lowest BCUT2D eigenvalue weighted by atomic mass is 9.77. The molecule has 1 aromatic heterocycles. The zero-order valence-corrected chi connectivity index (χ0v) is 11.1. The summed E-state index contributed by atoms with van der Waals surface area (Å²) in [7, 11) is -1.69. The number of hydrogen-bond donors (Lipinski definition) is 2. The fourth-order valence-corrected chi connectivity index (χ4v) is 2.47. The first kappa shape index (κ1) is 14.0. The summed E-state index contributed by atoms with van der Waals surface area (Å²) in [5.74, 6) is -0.0555. The number of hydrogen-bond acceptors (Lipinski definition) is 5. The molecule has 0 unspecified atom stereocenters. The van der Waals surface area contributed by atoms with Crippen LogP contribution in [0.4, 0.5) is 4.39 Å². The van der Waals surface area contributed by atoms with E-state index < -0.39 is 12.9 Å². The molecular formula is C12H12BFN2O2S. The number of halogens is 1. The molecular weight excluding hydrogens is 266 g/mol. The molecule has 4 nitrogen and oxygen atoms in total. The van der Waals surface area contributed by atoms with Crippen LogP contribution in [0.1, 0.15) is 11.3 Å². The fraction of sp³-hybridized carbons (Fsp3) is 0.167. The van der Waals surface area contributed by atoms with Crippen molar-refractivity contribution >= 4 is 24.3 Å². The van der Waals surface area contributed by atoms with Gasteiger partial charge in [-0.1, -0.05) is 17.8 Å². The quantitative estimate of drug-likeness (QED) is 0.494. The summed E-state index contributed by atoms with van der Waals surface area (Å²) < 4.78 is 13.1. The maximum atomic E-state index is 13.1. The number of rotatable bonds is 4. The van der Waals surface area contributed by atoms with Crippen LogP contribution < -0.4 is 5.46 Å². The molecule has 0 aliphatic heterocycles. The molecule has 0 spiro atoms. The normalized spacial score (nSPS) is 10.5. The lowest BCUT2D eigenvalue weighted by Gasteiger charge is -2.08. The molecule has 0 saturated heterocycles. The Hall–Kier alpha value is -1.44. The number of aryl methyl sites for hydroxylation is 1. The van der Waals surface area contributed by atoms with Crippen molar-refractivity contribution in [2.75, 3.05) is 0 Å². The summed E-state index contributed by atoms with van der Waals surface area (Å²) in [6.07, 6.45) is 1.66. The van der Waals surface area contributed by atoms with E-state index in [1.807, 2.05) is 6.92 Å². The molecule has 2 aromatic rings. The predicted molar refractivity (Wildman–Crippen MR) is 72.6 cm³/mol. The van der Waals surface area contributed by atoms with Gasteiger partial charge in [0.2, 0.25) is 0 Å². The standard InChI is InChI=1S/C12H12BFN2O2S/c1-8-4-5-15-12(16-8)19-7-9-2-3-10(14)6-11(9)13(17)18/h2-6,17-18H,7H2,1H3. The van der Waals surface area contributed by atoms with Crippen LogP contribution in [0, 0.1) is 12.7 Å². The average Bonchev–Trinajstić information content (AvgIpc) is 2.37. The van der Waals surface area contributed by atoms with Gasteiger partial charge in [0.1, 0.15) is 5.82 Å². The summed E-state index contributed by atoms with van der Waals surface area (Å²) in [4.78, 5) is 8.33. The van der Waals surface area contributed by atoms with Gasteiger partial charge in [0, 0.05) is 17.6 Å². The maximum absolute atomic E-state index is 13.1. The van der Waals surface area contributed by atoms with Crippen molar-refractivity contribution in [3.8, 4) is 0 Å². The van der Waals surface area contributed by atoms with Crippen LogP contribution in [0.5, 0.6) is 0 Å². The summed E-state index contributed by atoms with van der Waals surface area (Å²) in [5.41, 5.74) is 1.67. The van der Waals surface area contributed by atoms with Gasteiger partial charge >= 0.3 is 7.12 Å². The van der Waals surface area contributed by atoms with Crippen molar-refractivity contribution in [2.45, 2.75) is 17.8 Å². The molecule has 7 heteroatoms. The maximum Gasteiger partial charge on any atom is 0.488 e. The molecule has 0 amide bonds. The van der Waals surface area contributed by atoms with E-state index in [4.69, 9.17) is 0 Å². The lowest BCUT2D eigenvalue weighted by molar-refractivity contribution is 0.425. The molecule has 0 aliphatic carbocycles. The van der Waals surface area contributed by atoms with E-state index in [0.717, 1.165) is 11.8 Å². The first-order valence-corrected chi connectivity index (χ1v) is 6.62. The van der Waals surface area contributed by atoms with Crippen molar-refractivity contribution in [1.82, 2.24) is 9.97 Å². The molecule has 0 saturated carbocycles. The fourth-order valence-electron chi connectivity index (χ4n) is 1.58. The smallest absolute Gasteiger partial charge is 0.423 e. The lowest BCUT2D eigenvalue weighted by Crippen LogP contribution is -2.33. The molecule has 0 bridgehead atoms. The third-order valence-electron chi connectivity index (χ3n) is 2.52. The van der Waals surface area contributed by atoms with E-state index in [2.05, 4.69) is 9.97 Å². The van der Waals surface area contributed by atoms with Crippen LogP contribution in [0.25, 0.3) is 0 Å². The van der Waals surface area contributed by atoms with Crippen LogP contribution >= 0.6 is 11.8 Å². The Morgan fingerprint density at radius 2 is 2.11 bits per heavy atom. The second kappa shape index (κ2) is 6.14. The largest absolute Gasteiger partial charge is 0.488 e. The predicted octanol–water partition coefficient (Wildman–Crippen LogP) is 0.896. The van der Waals surface area contributed by atoms with Gasteiger partial charge in [0.15, 0.2) is 5.16 Å². The van der Waals surface area contributed by atoms with Gasteiger partial charge in [-0.15, -0.1) is 0 Å². The van der Waals surface area contributed by atoms with E-state index in [1.54, 1.807) is 12.3 Å². The van der Waals surface area contributed by atoms with Crippen LogP contribution in [-0.2, 0) is 5.75 Å². The van der Waals surface area contributed by atoms with Crippen molar-refractivity contribution in [1.29, 1.82) is 0 Å². The van der Waals surface area contributed by atoms with Crippen molar-refractivity contribution in [3.63, 3.8) is 0 Å². The van der Waals surface area contributed by atoms with E-state index in [9.17, 15) is 14.4 Å². The van der Waals surface area contributed by atoms with Gasteiger partial charge in [-0.25, -0.2) is 14.4 Å². The van der Waals surface area contributed by atoms with E-state index >= 15 is 0 Å². The monoisotopic (exact) mass is 278 g/mol. The Balaban J connectivity index is 2.15. The van der Waals surface area contributed by atoms with Crippen LogP contribution in [0.2, 0.25) is 0 Å². The molecule has 1 aromatic carbocycles. The Morgan fingerprint density at radius 1 is 1.32 bits per heavy atom. The number of aromatic nitrogens is 2. The third kappa shape index (κ3) is 3.76. The van der Waals surface area contributed by atoms with Gasteiger partial charge in [-0.05, 0) is 36.1 Å². The first-order valence-electron chi connectivity index (χ1n) is 5.63. The second-order valence-electron chi connectivity index (χ2n) is 3.99. The van der Waals surface area contributed by atoms with Crippen LogP contribution in [0.15, 0.2) is 35.6 Å². The second-order valence-corrected chi connectivity index (χ2v) is 4.93. The SMILES string of the molecule is Cc1ccnc(SCc2ccc(F)cc2B(O)O)n1. The minimum atomic E-state index is -1.69. The van der Waals surface area contributed by atoms with Crippen molar-refractivity contribution in [3.05, 3.63) is 47.5 Å². The zero-order valence-electron chi connectivity index (χ0n) is 10.2. The molecule has 0 aliphatic rings. The van der Waals surface area contributed by atoms with Gasteiger partial charge in [-0.3, -0.25) is 0 Å². The highest BCUT2D eigenvalue weighted by atomic mass is 32.2. The van der Waals surface area contributed by atoms with Gasteiger partial charge in [0.05, 0.1) is 0 Å². The van der Waals surface area contributed by atoms with Crippen molar-refractivity contribution in [2.24, 2.45) is 0 Å². The molecule has 0 atom stereocenters. The van der Waals surface area contributed by atoms with E-state index in [1.165, 1.54) is 23.9 Å². The van der Waals surface area contributed by atoms with Gasteiger partial charge in [0.25, 0.3) is 0 Å². The van der Waals surface area contributed by atoms with Crippen LogP contribution in [-0.4, -0.2) is 27.1 Å². The summed E-state index contributed by atoms with van der Waals surface area (Å²) in [6, 6.07) is 5.74. The summed E-state index contributed by atoms with van der Waals surface area (Å²) in [5, 5.41) is 19.0. The highest BCUT2D eigenvalue weighted by Gasteiger charge is 2.17. The topological polar surface area (TPSA) is 66.2 Å². The Kier molecular flexibility index (Phi) is 4.52. The van der Waals surface area contributed by atoms with Gasteiger partial charge < -0.3 is 10.0 Å². The Labute approximate surface area is 114 Å². The van der Waals surface area contributed by atoms with Crippen LogP contribution in [0.3, 0.4) is 0 Å². The summed E-state index contributed by atoms with van der Waals surface area (Å²) >= 11 is 1.36. The number of nitrogens with zero attached hydrogens (tertiary/aromatic N) is 2.